The highest BCUT2D eigenvalue weighted by Gasteiger charge is 2.34. The number of ether oxygens (including phenoxy) is 1. The predicted octanol–water partition coefficient (Wildman–Crippen LogP) is 5.03. The molecule has 1 heterocycles. The fourth-order valence-corrected chi connectivity index (χ4v) is 3.57. The van der Waals surface area contributed by atoms with Gasteiger partial charge in [-0.3, -0.25) is 14.9 Å². The van der Waals surface area contributed by atoms with Gasteiger partial charge in [0.2, 0.25) is 0 Å². The summed E-state index contributed by atoms with van der Waals surface area (Å²) in [6.45, 7) is 0.0932. The van der Waals surface area contributed by atoms with E-state index in [1.165, 1.54) is 18.2 Å². The Morgan fingerprint density at radius 3 is 2.56 bits per heavy atom. The quantitative estimate of drug-likeness (QED) is 0.224. The minimum atomic E-state index is -0.540. The Bertz CT molecular complexity index is 1240. The van der Waals surface area contributed by atoms with Gasteiger partial charge in [-0.15, -0.1) is 0 Å². The van der Waals surface area contributed by atoms with E-state index in [2.05, 4.69) is 21.2 Å². The number of benzene rings is 3. The molecular weight excluding hydrogens is 478 g/mol. The number of anilines is 1. The van der Waals surface area contributed by atoms with Crippen LogP contribution in [0.1, 0.15) is 11.1 Å². The van der Waals surface area contributed by atoms with Crippen LogP contribution in [0.3, 0.4) is 0 Å². The SMILES string of the molecule is O=C1NC(=Cc2cc(Br)ccc2OCc2cccc([N+](=O)[O-])c2)C(=O)N1c1ccccc1. The molecule has 3 aromatic carbocycles. The van der Waals surface area contributed by atoms with E-state index in [4.69, 9.17) is 4.74 Å². The van der Waals surface area contributed by atoms with Crippen LogP contribution in [0, 0.1) is 10.1 Å². The maximum atomic E-state index is 12.9. The van der Waals surface area contributed by atoms with Gasteiger partial charge in [-0.2, -0.15) is 0 Å². The monoisotopic (exact) mass is 493 g/mol. The standard InChI is InChI=1S/C23H16BrN3O5/c24-17-9-10-21(32-14-15-5-4-8-19(11-15)27(30)31)16(12-17)13-20-22(28)26(23(29)25-20)18-6-2-1-3-7-18/h1-13H,14H2,(H,25,29). The molecule has 0 aliphatic carbocycles. The Balaban J connectivity index is 1.59. The lowest BCUT2D eigenvalue weighted by molar-refractivity contribution is -0.384. The number of carbonyl (C=O) groups is 2. The minimum Gasteiger partial charge on any atom is -0.488 e. The lowest BCUT2D eigenvalue weighted by atomic mass is 10.1. The highest BCUT2D eigenvalue weighted by atomic mass is 79.9. The van der Waals surface area contributed by atoms with Gasteiger partial charge in [0.1, 0.15) is 18.1 Å². The Labute approximate surface area is 191 Å². The van der Waals surface area contributed by atoms with E-state index in [-0.39, 0.29) is 18.0 Å². The average molecular weight is 494 g/mol. The molecule has 9 heteroatoms. The van der Waals surface area contributed by atoms with Crippen molar-refractivity contribution in [2.45, 2.75) is 6.61 Å². The Morgan fingerprint density at radius 1 is 1.03 bits per heavy atom. The zero-order valence-electron chi connectivity index (χ0n) is 16.5. The number of imide groups is 1. The molecule has 0 atom stereocenters. The van der Waals surface area contributed by atoms with Crippen LogP contribution in [0.5, 0.6) is 5.75 Å². The van der Waals surface area contributed by atoms with Crippen molar-refractivity contribution < 1.29 is 19.2 Å². The molecule has 0 unspecified atom stereocenters. The molecule has 0 bridgehead atoms. The summed E-state index contributed by atoms with van der Waals surface area (Å²) in [4.78, 5) is 36.8. The molecule has 8 nitrogen and oxygen atoms in total. The van der Waals surface area contributed by atoms with E-state index >= 15 is 0 Å². The summed E-state index contributed by atoms with van der Waals surface area (Å²) in [6, 6.07) is 19.5. The van der Waals surface area contributed by atoms with Crippen molar-refractivity contribution >= 4 is 45.3 Å². The van der Waals surface area contributed by atoms with Crippen molar-refractivity contribution in [1.29, 1.82) is 0 Å². The average Bonchev–Trinajstić information content (AvgIpc) is 3.06. The minimum absolute atomic E-state index is 0.0236. The van der Waals surface area contributed by atoms with Gasteiger partial charge in [0.15, 0.2) is 0 Å². The molecule has 0 spiro atoms. The smallest absolute Gasteiger partial charge is 0.333 e. The largest absolute Gasteiger partial charge is 0.488 e. The van der Waals surface area contributed by atoms with Crippen LogP contribution >= 0.6 is 15.9 Å². The Hall–Kier alpha value is -3.98. The van der Waals surface area contributed by atoms with Crippen LogP contribution in [-0.2, 0) is 11.4 Å². The van der Waals surface area contributed by atoms with Crippen LogP contribution in [0.2, 0.25) is 0 Å². The van der Waals surface area contributed by atoms with Gasteiger partial charge in [0.05, 0.1) is 10.6 Å². The maximum Gasteiger partial charge on any atom is 0.333 e. The number of urea groups is 1. The third kappa shape index (κ3) is 4.52. The number of rotatable bonds is 6. The molecule has 4 rings (SSSR count). The van der Waals surface area contributed by atoms with E-state index < -0.39 is 16.9 Å². The molecule has 1 N–H and O–H groups in total. The first kappa shape index (κ1) is 21.3. The van der Waals surface area contributed by atoms with Gasteiger partial charge in [-0.1, -0.05) is 46.3 Å². The van der Waals surface area contributed by atoms with Gasteiger partial charge >= 0.3 is 6.03 Å². The molecule has 3 amide bonds. The normalized spacial score (nSPS) is 14.5. The number of carbonyl (C=O) groups excluding carboxylic acids is 2. The summed E-state index contributed by atoms with van der Waals surface area (Å²) < 4.78 is 6.62. The van der Waals surface area contributed by atoms with Gasteiger partial charge in [0.25, 0.3) is 11.6 Å². The molecule has 0 aromatic heterocycles. The molecule has 1 aliphatic heterocycles. The fourth-order valence-electron chi connectivity index (χ4n) is 3.19. The number of amides is 3. The van der Waals surface area contributed by atoms with Crippen LogP contribution in [0.4, 0.5) is 16.2 Å². The summed E-state index contributed by atoms with van der Waals surface area (Å²) in [5.74, 6) is -0.0294. The number of hydrogen-bond acceptors (Lipinski definition) is 5. The Morgan fingerprint density at radius 2 is 1.81 bits per heavy atom. The number of nitro benzene ring substituents is 1. The first-order valence-corrected chi connectivity index (χ1v) is 10.3. The number of nitrogens with one attached hydrogen (secondary N) is 1. The zero-order chi connectivity index (χ0) is 22.7. The number of halogens is 1. The van der Waals surface area contributed by atoms with Crippen LogP contribution in [-0.4, -0.2) is 16.9 Å². The van der Waals surface area contributed by atoms with E-state index in [1.807, 2.05) is 0 Å². The molecule has 0 saturated carbocycles. The number of non-ortho nitro benzene ring substituents is 1. The van der Waals surface area contributed by atoms with Crippen molar-refractivity contribution in [3.63, 3.8) is 0 Å². The molecule has 1 aliphatic rings. The number of hydrogen-bond donors (Lipinski definition) is 1. The predicted molar refractivity (Wildman–Crippen MR) is 122 cm³/mol. The second-order valence-corrected chi connectivity index (χ2v) is 7.78. The topological polar surface area (TPSA) is 102 Å². The van der Waals surface area contributed by atoms with Gasteiger partial charge in [-0.05, 0) is 42.0 Å². The van der Waals surface area contributed by atoms with Crippen molar-refractivity contribution in [2.75, 3.05) is 4.90 Å². The van der Waals surface area contributed by atoms with E-state index in [0.717, 1.165) is 9.37 Å². The van der Waals surface area contributed by atoms with Gasteiger partial charge < -0.3 is 10.1 Å². The van der Waals surface area contributed by atoms with E-state index in [0.29, 0.717) is 22.6 Å². The van der Waals surface area contributed by atoms with Crippen molar-refractivity contribution in [3.05, 3.63) is 104 Å². The highest BCUT2D eigenvalue weighted by molar-refractivity contribution is 9.10. The van der Waals surface area contributed by atoms with E-state index in [1.54, 1.807) is 60.7 Å². The van der Waals surface area contributed by atoms with E-state index in [9.17, 15) is 19.7 Å². The summed E-state index contributed by atoms with van der Waals surface area (Å²) >= 11 is 3.40. The second kappa shape index (κ2) is 9.03. The summed E-state index contributed by atoms with van der Waals surface area (Å²) in [7, 11) is 0. The molecule has 32 heavy (non-hydrogen) atoms. The Kier molecular flexibility index (Phi) is 6.00. The summed E-state index contributed by atoms with van der Waals surface area (Å²) in [6.07, 6.45) is 1.54. The summed E-state index contributed by atoms with van der Waals surface area (Å²) in [5, 5.41) is 13.6. The van der Waals surface area contributed by atoms with Crippen LogP contribution < -0.4 is 15.0 Å². The third-order valence-corrected chi connectivity index (χ3v) is 5.17. The fraction of sp³-hybridized carbons (Fsp3) is 0.0435. The summed E-state index contributed by atoms with van der Waals surface area (Å²) in [5.41, 5.74) is 1.74. The highest BCUT2D eigenvalue weighted by Crippen LogP contribution is 2.29. The van der Waals surface area contributed by atoms with Crippen molar-refractivity contribution in [2.24, 2.45) is 0 Å². The van der Waals surface area contributed by atoms with Crippen molar-refractivity contribution in [3.8, 4) is 5.75 Å². The lowest BCUT2D eigenvalue weighted by Crippen LogP contribution is -2.30. The third-order valence-electron chi connectivity index (χ3n) is 4.68. The first-order chi connectivity index (χ1) is 15.4. The lowest BCUT2D eigenvalue weighted by Gasteiger charge is -2.11. The number of nitro groups is 1. The van der Waals surface area contributed by atoms with Crippen molar-refractivity contribution in [1.82, 2.24) is 5.32 Å². The van der Waals surface area contributed by atoms with Crippen LogP contribution in [0.25, 0.3) is 6.08 Å². The molecule has 0 radical (unpaired) electrons. The number of nitrogens with zero attached hydrogens (tertiary/aromatic N) is 2. The molecule has 160 valence electrons. The van der Waals surface area contributed by atoms with Gasteiger partial charge in [0, 0.05) is 22.2 Å². The molecule has 1 saturated heterocycles. The molecule has 3 aromatic rings. The maximum absolute atomic E-state index is 12.9. The second-order valence-electron chi connectivity index (χ2n) is 6.86. The molecule has 1 fully saturated rings. The van der Waals surface area contributed by atoms with Gasteiger partial charge in [-0.25, -0.2) is 9.69 Å². The molecular formula is C23H16BrN3O5. The number of para-hydroxylation sites is 1. The first-order valence-electron chi connectivity index (χ1n) is 9.50. The zero-order valence-corrected chi connectivity index (χ0v) is 18.1. The van der Waals surface area contributed by atoms with Crippen LogP contribution in [0.15, 0.2) is 83.0 Å².